The Bertz CT molecular complexity index is 916. The Morgan fingerprint density at radius 2 is 1.84 bits per heavy atom. The molecule has 3 atom stereocenters. The summed E-state index contributed by atoms with van der Waals surface area (Å²) < 4.78 is 5.50. The van der Waals surface area contributed by atoms with E-state index in [0.29, 0.717) is 17.9 Å². The summed E-state index contributed by atoms with van der Waals surface area (Å²) in [4.78, 5) is 18.1. The number of hydrogen-bond acceptors (Lipinski definition) is 3. The third-order valence-electron chi connectivity index (χ3n) is 6.97. The topological polar surface area (TPSA) is 32.8 Å². The third kappa shape index (κ3) is 4.64. The van der Waals surface area contributed by atoms with Crippen molar-refractivity contribution in [3.05, 3.63) is 65.2 Å². The lowest BCUT2D eigenvalue weighted by atomic mass is 9.81. The summed E-state index contributed by atoms with van der Waals surface area (Å²) in [6.07, 6.45) is 1.04. The van der Waals surface area contributed by atoms with Gasteiger partial charge in [-0.2, -0.15) is 0 Å². The molecule has 2 aromatic rings. The lowest BCUT2D eigenvalue weighted by Gasteiger charge is -2.40. The second kappa shape index (κ2) is 8.66. The van der Waals surface area contributed by atoms with Gasteiger partial charge in [-0.15, -0.1) is 0 Å². The Hall–Kier alpha value is -2.33. The molecule has 2 heterocycles. The first-order valence-electron chi connectivity index (χ1n) is 11.5. The standard InChI is InChI=1S/C27H36N2O2/c1-19-9-11-20(12-10-19)16-28-14-13-25-24(17-28)23(18-29(25)26(30)27(2,3)4)21-7-6-8-22(15-21)31-5/h6-12,15,23-25H,13-14,16-18H2,1-5H3/t23-,24-,25-/m1/s1. The number of benzene rings is 2. The molecule has 4 heteroatoms. The van der Waals surface area contributed by atoms with Crippen molar-refractivity contribution < 1.29 is 9.53 Å². The van der Waals surface area contributed by atoms with Gasteiger partial charge < -0.3 is 9.64 Å². The van der Waals surface area contributed by atoms with Crippen molar-refractivity contribution in [3.8, 4) is 5.75 Å². The van der Waals surface area contributed by atoms with Crippen molar-refractivity contribution in [2.24, 2.45) is 11.3 Å². The largest absolute Gasteiger partial charge is 0.497 e. The summed E-state index contributed by atoms with van der Waals surface area (Å²) in [6, 6.07) is 17.6. The van der Waals surface area contributed by atoms with E-state index in [-0.39, 0.29) is 11.3 Å². The van der Waals surface area contributed by atoms with Crippen LogP contribution in [0.5, 0.6) is 5.75 Å². The average molecular weight is 421 g/mol. The zero-order valence-electron chi connectivity index (χ0n) is 19.6. The molecule has 0 unspecified atom stereocenters. The fraction of sp³-hybridized carbons (Fsp3) is 0.519. The molecular weight excluding hydrogens is 384 g/mol. The highest BCUT2D eigenvalue weighted by Crippen LogP contribution is 2.43. The molecule has 0 aliphatic carbocycles. The minimum atomic E-state index is -0.354. The van der Waals surface area contributed by atoms with Crippen LogP contribution < -0.4 is 4.74 Å². The number of ether oxygens (including phenoxy) is 1. The van der Waals surface area contributed by atoms with Gasteiger partial charge in [0.05, 0.1) is 7.11 Å². The smallest absolute Gasteiger partial charge is 0.228 e. The number of amides is 1. The van der Waals surface area contributed by atoms with Gasteiger partial charge in [0, 0.05) is 49.5 Å². The van der Waals surface area contributed by atoms with Gasteiger partial charge in [0.2, 0.25) is 5.91 Å². The van der Waals surface area contributed by atoms with E-state index < -0.39 is 0 Å². The van der Waals surface area contributed by atoms with Crippen LogP contribution in [0.4, 0.5) is 0 Å². The normalized spacial score (nSPS) is 24.2. The second-order valence-corrected chi connectivity index (χ2v) is 10.3. The number of methoxy groups -OCH3 is 1. The van der Waals surface area contributed by atoms with Crippen LogP contribution in [0.15, 0.2) is 48.5 Å². The highest BCUT2D eigenvalue weighted by atomic mass is 16.5. The maximum Gasteiger partial charge on any atom is 0.228 e. The first-order chi connectivity index (χ1) is 14.8. The third-order valence-corrected chi connectivity index (χ3v) is 6.97. The predicted molar refractivity (Wildman–Crippen MR) is 125 cm³/mol. The van der Waals surface area contributed by atoms with Crippen molar-refractivity contribution in [3.63, 3.8) is 0 Å². The van der Waals surface area contributed by atoms with Gasteiger partial charge in [-0.1, -0.05) is 62.7 Å². The first kappa shape index (κ1) is 21.9. The Balaban J connectivity index is 1.59. The van der Waals surface area contributed by atoms with Gasteiger partial charge in [0.1, 0.15) is 5.75 Å². The van der Waals surface area contributed by atoms with Crippen LogP contribution >= 0.6 is 0 Å². The minimum absolute atomic E-state index is 0.278. The Morgan fingerprint density at radius 3 is 2.52 bits per heavy atom. The molecule has 166 valence electrons. The monoisotopic (exact) mass is 420 g/mol. The molecule has 2 aromatic carbocycles. The number of fused-ring (bicyclic) bond motifs is 1. The lowest BCUT2D eigenvalue weighted by Crippen LogP contribution is -2.49. The van der Waals surface area contributed by atoms with Gasteiger partial charge >= 0.3 is 0 Å². The van der Waals surface area contributed by atoms with Crippen LogP contribution in [-0.2, 0) is 11.3 Å². The molecule has 31 heavy (non-hydrogen) atoms. The highest BCUT2D eigenvalue weighted by Gasteiger charge is 2.48. The van der Waals surface area contributed by atoms with E-state index in [0.717, 1.165) is 38.3 Å². The fourth-order valence-electron chi connectivity index (χ4n) is 5.29. The molecule has 2 fully saturated rings. The summed E-state index contributed by atoms with van der Waals surface area (Å²) in [7, 11) is 1.72. The maximum absolute atomic E-state index is 13.3. The van der Waals surface area contributed by atoms with Crippen LogP contribution in [0.2, 0.25) is 0 Å². The quantitative estimate of drug-likeness (QED) is 0.708. The predicted octanol–water partition coefficient (Wildman–Crippen LogP) is 4.87. The van der Waals surface area contributed by atoms with E-state index in [1.165, 1.54) is 16.7 Å². The zero-order chi connectivity index (χ0) is 22.2. The molecule has 0 bridgehead atoms. The first-order valence-corrected chi connectivity index (χ1v) is 11.5. The van der Waals surface area contributed by atoms with Crippen molar-refractivity contribution in [1.82, 2.24) is 9.80 Å². The van der Waals surface area contributed by atoms with Crippen LogP contribution in [0.3, 0.4) is 0 Å². The SMILES string of the molecule is COc1cccc([C@H]2CN(C(=O)C(C)(C)C)[C@@H]3CCN(Cc4ccc(C)cc4)C[C@H]23)c1. The molecule has 1 amide bonds. The number of rotatable bonds is 4. The molecule has 0 N–H and O–H groups in total. The van der Waals surface area contributed by atoms with Crippen LogP contribution in [0.1, 0.15) is 49.8 Å². The number of carbonyl (C=O) groups excluding carboxylic acids is 1. The number of piperidine rings is 1. The molecule has 4 rings (SSSR count). The summed E-state index contributed by atoms with van der Waals surface area (Å²) in [5.74, 6) is 1.95. The van der Waals surface area contributed by atoms with E-state index >= 15 is 0 Å². The van der Waals surface area contributed by atoms with Gasteiger partial charge in [-0.05, 0) is 36.6 Å². The van der Waals surface area contributed by atoms with E-state index in [9.17, 15) is 4.79 Å². The van der Waals surface area contributed by atoms with Crippen molar-refractivity contribution >= 4 is 5.91 Å². The number of likely N-dealkylation sites (tertiary alicyclic amines) is 2. The number of nitrogens with zero attached hydrogens (tertiary/aromatic N) is 2. The summed E-state index contributed by atoms with van der Waals surface area (Å²) in [6.45, 7) is 12.1. The number of hydrogen-bond donors (Lipinski definition) is 0. The van der Waals surface area contributed by atoms with Crippen molar-refractivity contribution in [2.45, 2.75) is 52.6 Å². The minimum Gasteiger partial charge on any atom is -0.497 e. The van der Waals surface area contributed by atoms with Crippen molar-refractivity contribution in [1.29, 1.82) is 0 Å². The zero-order valence-corrected chi connectivity index (χ0v) is 19.6. The molecule has 2 aliphatic rings. The van der Waals surface area contributed by atoms with Gasteiger partial charge in [-0.25, -0.2) is 0 Å². The van der Waals surface area contributed by atoms with Crippen LogP contribution in [0, 0.1) is 18.3 Å². The Morgan fingerprint density at radius 1 is 1.10 bits per heavy atom. The van der Waals surface area contributed by atoms with Gasteiger partial charge in [0.25, 0.3) is 0 Å². The summed E-state index contributed by atoms with van der Waals surface area (Å²) in [5.41, 5.74) is 3.60. The van der Waals surface area contributed by atoms with E-state index in [1.54, 1.807) is 7.11 Å². The summed E-state index contributed by atoms with van der Waals surface area (Å²) in [5, 5.41) is 0. The maximum atomic E-state index is 13.3. The highest BCUT2D eigenvalue weighted by molar-refractivity contribution is 5.82. The van der Waals surface area contributed by atoms with Gasteiger partial charge in [-0.3, -0.25) is 9.69 Å². The molecule has 0 saturated carbocycles. The molecule has 0 radical (unpaired) electrons. The fourth-order valence-corrected chi connectivity index (χ4v) is 5.29. The Kier molecular flexibility index (Phi) is 6.11. The molecular formula is C27H36N2O2. The van der Waals surface area contributed by atoms with E-state index in [1.807, 2.05) is 26.8 Å². The molecule has 4 nitrogen and oxygen atoms in total. The molecule has 2 saturated heterocycles. The molecule has 2 aliphatic heterocycles. The molecule has 0 aromatic heterocycles. The number of aryl methyl sites for hydroxylation is 1. The lowest BCUT2D eigenvalue weighted by molar-refractivity contribution is -0.141. The van der Waals surface area contributed by atoms with Crippen LogP contribution in [0.25, 0.3) is 0 Å². The second-order valence-electron chi connectivity index (χ2n) is 10.3. The summed E-state index contributed by atoms with van der Waals surface area (Å²) >= 11 is 0. The van der Waals surface area contributed by atoms with E-state index in [2.05, 4.69) is 59.2 Å². The molecule has 0 spiro atoms. The number of carbonyl (C=O) groups is 1. The van der Waals surface area contributed by atoms with Crippen molar-refractivity contribution in [2.75, 3.05) is 26.7 Å². The van der Waals surface area contributed by atoms with E-state index in [4.69, 9.17) is 4.74 Å². The van der Waals surface area contributed by atoms with Gasteiger partial charge in [0.15, 0.2) is 0 Å². The average Bonchev–Trinajstić information content (AvgIpc) is 3.13. The van der Waals surface area contributed by atoms with Crippen LogP contribution in [-0.4, -0.2) is 48.5 Å². The Labute approximate surface area is 187 Å².